The number of aromatic nitrogens is 3. The molecule has 0 saturated heterocycles. The van der Waals surface area contributed by atoms with Crippen molar-refractivity contribution in [2.24, 2.45) is 0 Å². The van der Waals surface area contributed by atoms with Crippen molar-refractivity contribution in [1.82, 2.24) is 20.5 Å². The summed E-state index contributed by atoms with van der Waals surface area (Å²) in [5.74, 6) is -1.53. The highest BCUT2D eigenvalue weighted by Gasteiger charge is 2.10. The van der Waals surface area contributed by atoms with E-state index < -0.39 is 5.97 Å². The van der Waals surface area contributed by atoms with Crippen LogP contribution < -0.4 is 5.32 Å². The fraction of sp³-hybridized carbons (Fsp3) is 0.0909. The summed E-state index contributed by atoms with van der Waals surface area (Å²) in [6.07, 6.45) is 4.54. The van der Waals surface area contributed by atoms with Gasteiger partial charge in [-0.25, -0.2) is 9.78 Å². The van der Waals surface area contributed by atoms with E-state index in [-0.39, 0.29) is 17.2 Å². The number of carboxylic acid groups (broad SMARTS) is 1. The molecule has 1 amide bonds. The second-order valence-electron chi connectivity index (χ2n) is 3.52. The summed E-state index contributed by atoms with van der Waals surface area (Å²) >= 11 is 0. The molecule has 2 rings (SSSR count). The lowest BCUT2D eigenvalue weighted by Gasteiger charge is -2.03. The maximum atomic E-state index is 11.8. The fourth-order valence-corrected chi connectivity index (χ4v) is 1.35. The third-order valence-electron chi connectivity index (χ3n) is 2.25. The van der Waals surface area contributed by atoms with Crippen LogP contribution in [0.4, 0.5) is 0 Å². The number of nitrogens with one attached hydrogen (secondary N) is 2. The van der Waals surface area contributed by atoms with Gasteiger partial charge in [-0.3, -0.25) is 9.89 Å². The van der Waals surface area contributed by atoms with Gasteiger partial charge in [-0.2, -0.15) is 5.10 Å². The first-order valence-electron chi connectivity index (χ1n) is 5.12. The van der Waals surface area contributed by atoms with Crippen molar-refractivity contribution >= 4 is 11.9 Å². The minimum absolute atomic E-state index is 0.161. The number of H-pyrrole nitrogens is 1. The van der Waals surface area contributed by atoms with Gasteiger partial charge in [-0.1, -0.05) is 0 Å². The first-order chi connectivity index (χ1) is 8.66. The van der Waals surface area contributed by atoms with Crippen molar-refractivity contribution in [2.45, 2.75) is 6.54 Å². The first-order valence-corrected chi connectivity index (χ1v) is 5.12. The molecule has 0 fully saturated rings. The molecule has 0 aliphatic carbocycles. The average molecular weight is 246 g/mol. The van der Waals surface area contributed by atoms with Gasteiger partial charge >= 0.3 is 5.97 Å². The summed E-state index contributed by atoms with van der Waals surface area (Å²) in [5, 5.41) is 17.8. The molecule has 0 unspecified atom stereocenters. The Balaban J connectivity index is 2.04. The van der Waals surface area contributed by atoms with Gasteiger partial charge in [0.05, 0.1) is 6.20 Å². The number of carboxylic acids is 1. The molecule has 92 valence electrons. The molecule has 0 atom stereocenters. The van der Waals surface area contributed by atoms with Gasteiger partial charge < -0.3 is 10.4 Å². The zero-order chi connectivity index (χ0) is 13.0. The second kappa shape index (κ2) is 5.09. The van der Waals surface area contributed by atoms with Crippen molar-refractivity contribution < 1.29 is 14.7 Å². The van der Waals surface area contributed by atoms with Crippen molar-refractivity contribution in [3.63, 3.8) is 0 Å². The first kappa shape index (κ1) is 11.8. The number of nitrogens with zero attached hydrogens (tertiary/aromatic N) is 2. The molecule has 2 aromatic heterocycles. The third-order valence-corrected chi connectivity index (χ3v) is 2.25. The Hall–Kier alpha value is -2.70. The molecule has 0 aliphatic heterocycles. The highest BCUT2D eigenvalue weighted by molar-refractivity contribution is 5.96. The highest BCUT2D eigenvalue weighted by atomic mass is 16.4. The molecule has 0 bridgehead atoms. The van der Waals surface area contributed by atoms with Crippen LogP contribution in [0.15, 0.2) is 30.7 Å². The van der Waals surface area contributed by atoms with E-state index in [0.717, 1.165) is 5.56 Å². The van der Waals surface area contributed by atoms with E-state index in [4.69, 9.17) is 5.11 Å². The normalized spacial score (nSPS) is 10.0. The van der Waals surface area contributed by atoms with E-state index in [1.807, 2.05) is 0 Å². The van der Waals surface area contributed by atoms with E-state index in [1.165, 1.54) is 18.3 Å². The summed E-state index contributed by atoms with van der Waals surface area (Å²) in [6.45, 7) is 0.320. The summed E-state index contributed by atoms with van der Waals surface area (Å²) in [4.78, 5) is 26.1. The Kier molecular flexibility index (Phi) is 3.33. The molecular formula is C11H10N4O3. The Labute approximate surface area is 102 Å². The predicted molar refractivity (Wildman–Crippen MR) is 61.0 cm³/mol. The zero-order valence-electron chi connectivity index (χ0n) is 9.25. The zero-order valence-corrected chi connectivity index (χ0v) is 9.25. The number of aromatic carboxylic acids is 1. The molecule has 0 aliphatic rings. The molecule has 2 aromatic rings. The van der Waals surface area contributed by atoms with Gasteiger partial charge in [0.15, 0.2) is 0 Å². The number of carbonyl (C=O) groups is 2. The molecular weight excluding hydrogens is 236 g/mol. The summed E-state index contributed by atoms with van der Waals surface area (Å²) < 4.78 is 0. The molecule has 0 radical (unpaired) electrons. The summed E-state index contributed by atoms with van der Waals surface area (Å²) in [5.41, 5.74) is 0.924. The van der Waals surface area contributed by atoms with Gasteiger partial charge in [0.25, 0.3) is 5.91 Å². The lowest BCUT2D eigenvalue weighted by Crippen LogP contribution is -2.23. The smallest absolute Gasteiger partial charge is 0.354 e. The van der Waals surface area contributed by atoms with Crippen molar-refractivity contribution in [1.29, 1.82) is 0 Å². The number of carbonyl (C=O) groups excluding carboxylic acids is 1. The van der Waals surface area contributed by atoms with Crippen LogP contribution in [0, 0.1) is 0 Å². The van der Waals surface area contributed by atoms with Crippen LogP contribution in [0.1, 0.15) is 26.4 Å². The monoisotopic (exact) mass is 246 g/mol. The average Bonchev–Trinajstić information content (AvgIpc) is 2.89. The van der Waals surface area contributed by atoms with Crippen LogP contribution in [0.5, 0.6) is 0 Å². The van der Waals surface area contributed by atoms with Crippen molar-refractivity contribution in [2.75, 3.05) is 0 Å². The van der Waals surface area contributed by atoms with Crippen LogP contribution in [-0.2, 0) is 6.54 Å². The summed E-state index contributed by atoms with van der Waals surface area (Å²) in [7, 11) is 0. The van der Waals surface area contributed by atoms with E-state index in [1.54, 1.807) is 12.4 Å². The Morgan fingerprint density at radius 2 is 2.28 bits per heavy atom. The van der Waals surface area contributed by atoms with E-state index in [2.05, 4.69) is 20.5 Å². The predicted octanol–water partition coefficient (Wildman–Crippen LogP) is 0.433. The van der Waals surface area contributed by atoms with Crippen molar-refractivity contribution in [3.05, 3.63) is 47.5 Å². The second-order valence-corrected chi connectivity index (χ2v) is 3.52. The van der Waals surface area contributed by atoms with E-state index >= 15 is 0 Å². The minimum Gasteiger partial charge on any atom is -0.477 e. The molecule has 3 N–H and O–H groups in total. The van der Waals surface area contributed by atoms with Gasteiger partial charge in [-0.15, -0.1) is 0 Å². The van der Waals surface area contributed by atoms with Crippen LogP contribution >= 0.6 is 0 Å². The van der Waals surface area contributed by atoms with Crippen LogP contribution in [0.2, 0.25) is 0 Å². The summed E-state index contributed by atoms with van der Waals surface area (Å²) in [6, 6.07) is 2.68. The largest absolute Gasteiger partial charge is 0.477 e. The minimum atomic E-state index is -1.17. The topological polar surface area (TPSA) is 108 Å². The number of hydrogen-bond acceptors (Lipinski definition) is 4. The van der Waals surface area contributed by atoms with E-state index in [0.29, 0.717) is 6.54 Å². The van der Waals surface area contributed by atoms with Crippen molar-refractivity contribution in [3.8, 4) is 0 Å². The molecule has 0 saturated carbocycles. The lowest BCUT2D eigenvalue weighted by molar-refractivity contribution is 0.0690. The Bertz CT molecular complexity index is 565. The van der Waals surface area contributed by atoms with Crippen LogP contribution in [0.25, 0.3) is 0 Å². The SMILES string of the molecule is O=C(NCc1cn[nH]c1)c1ccnc(C(=O)O)c1. The van der Waals surface area contributed by atoms with Gasteiger partial charge in [0.2, 0.25) is 0 Å². The third kappa shape index (κ3) is 2.70. The van der Waals surface area contributed by atoms with Gasteiger partial charge in [0.1, 0.15) is 5.69 Å². The number of amides is 1. The van der Waals surface area contributed by atoms with Crippen LogP contribution in [-0.4, -0.2) is 32.2 Å². The maximum absolute atomic E-state index is 11.8. The highest BCUT2D eigenvalue weighted by Crippen LogP contribution is 2.03. The number of rotatable bonds is 4. The Morgan fingerprint density at radius 3 is 2.94 bits per heavy atom. The molecule has 18 heavy (non-hydrogen) atoms. The van der Waals surface area contributed by atoms with Gasteiger partial charge in [0, 0.05) is 30.1 Å². The van der Waals surface area contributed by atoms with E-state index in [9.17, 15) is 9.59 Å². The molecule has 0 spiro atoms. The van der Waals surface area contributed by atoms with Gasteiger partial charge in [-0.05, 0) is 12.1 Å². The number of pyridine rings is 1. The molecule has 7 heteroatoms. The Morgan fingerprint density at radius 1 is 1.44 bits per heavy atom. The van der Waals surface area contributed by atoms with Crippen LogP contribution in [0.3, 0.4) is 0 Å². The number of aromatic amines is 1. The molecule has 0 aromatic carbocycles. The number of hydrogen-bond donors (Lipinski definition) is 3. The maximum Gasteiger partial charge on any atom is 0.354 e. The fourth-order valence-electron chi connectivity index (χ4n) is 1.35. The lowest BCUT2D eigenvalue weighted by atomic mass is 10.2. The standard InChI is InChI=1S/C11H10N4O3/c16-10(13-4-7-5-14-15-6-7)8-1-2-12-9(3-8)11(17)18/h1-3,5-6H,4H2,(H,13,16)(H,14,15)(H,17,18). The quantitative estimate of drug-likeness (QED) is 0.725. The molecule has 2 heterocycles. The molecule has 7 nitrogen and oxygen atoms in total.